The molecule has 0 aromatic carbocycles. The highest BCUT2D eigenvalue weighted by Gasteiger charge is 2.35. The average Bonchev–Trinajstić information content (AvgIpc) is 2.34. The molecule has 0 saturated carbocycles. The Bertz CT molecular complexity index is 619. The first kappa shape index (κ1) is 14.6. The molecule has 0 bridgehead atoms. The van der Waals surface area contributed by atoms with Crippen LogP contribution in [0, 0.1) is 0 Å². The summed E-state index contributed by atoms with van der Waals surface area (Å²) in [6.07, 6.45) is -0.408. The highest BCUT2D eigenvalue weighted by molar-refractivity contribution is 5.62. The molecule has 1 aliphatic rings. The molecule has 4 N–H and O–H groups in total. The van der Waals surface area contributed by atoms with Gasteiger partial charge < -0.3 is 20.5 Å². The molecule has 112 valence electrons. The molecule has 0 radical (unpaired) electrons. The van der Waals surface area contributed by atoms with E-state index < -0.39 is 23.0 Å². The van der Waals surface area contributed by atoms with E-state index in [4.69, 9.17) is 10.5 Å². The Morgan fingerprint density at radius 3 is 2.75 bits per heavy atom. The van der Waals surface area contributed by atoms with Gasteiger partial charge in [0.15, 0.2) is 0 Å². The quantitative estimate of drug-likeness (QED) is 0.617. The highest BCUT2D eigenvalue weighted by Crippen LogP contribution is 2.26. The summed E-state index contributed by atoms with van der Waals surface area (Å²) in [5.74, 6) is 0.105. The van der Waals surface area contributed by atoms with Crippen LogP contribution in [0.3, 0.4) is 0 Å². The molecule has 2 rings (SSSR count). The monoisotopic (exact) mass is 284 g/mol. The van der Waals surface area contributed by atoms with Gasteiger partial charge in [-0.3, -0.25) is 14.3 Å². The number of H-pyrrole nitrogens is 1. The number of aromatic amines is 1. The van der Waals surface area contributed by atoms with Crippen LogP contribution in [0.4, 0.5) is 11.5 Å². The fraction of sp³-hybridized carbons (Fsp3) is 0.667. The largest absolute Gasteiger partial charge is 0.394 e. The molecule has 20 heavy (non-hydrogen) atoms. The number of nitrogens with zero attached hydrogens (tertiary/aromatic N) is 2. The normalized spacial score (nSPS) is 22.0. The number of nitrogens with one attached hydrogen (secondary N) is 1. The van der Waals surface area contributed by atoms with E-state index in [1.165, 1.54) is 11.6 Å². The molecule has 1 aliphatic heterocycles. The van der Waals surface area contributed by atoms with Crippen molar-refractivity contribution in [2.75, 3.05) is 30.3 Å². The average molecular weight is 284 g/mol. The van der Waals surface area contributed by atoms with E-state index in [-0.39, 0.29) is 18.1 Å². The van der Waals surface area contributed by atoms with E-state index in [1.807, 2.05) is 13.8 Å². The molecule has 1 fully saturated rings. The topological polar surface area (TPSA) is 114 Å². The zero-order valence-electron chi connectivity index (χ0n) is 11.8. The fourth-order valence-electron chi connectivity index (χ4n) is 2.49. The second-order valence-electron chi connectivity index (χ2n) is 5.61. The van der Waals surface area contributed by atoms with Crippen molar-refractivity contribution in [2.45, 2.75) is 25.6 Å². The van der Waals surface area contributed by atoms with E-state index in [0.717, 1.165) is 0 Å². The third kappa shape index (κ3) is 2.56. The lowest BCUT2D eigenvalue weighted by atomic mass is 10.0. The molecule has 1 aromatic rings. The Hall–Kier alpha value is -1.80. The third-order valence-corrected chi connectivity index (χ3v) is 3.35. The smallest absolute Gasteiger partial charge is 0.329 e. The molecule has 0 aliphatic carbocycles. The van der Waals surface area contributed by atoms with Crippen molar-refractivity contribution in [1.82, 2.24) is 9.55 Å². The van der Waals surface area contributed by atoms with Crippen molar-refractivity contribution in [3.05, 3.63) is 20.8 Å². The van der Waals surface area contributed by atoms with Gasteiger partial charge in [-0.2, -0.15) is 0 Å². The maximum Gasteiger partial charge on any atom is 0.329 e. The molecule has 0 spiro atoms. The van der Waals surface area contributed by atoms with Crippen LogP contribution < -0.4 is 21.9 Å². The minimum Gasteiger partial charge on any atom is -0.394 e. The number of anilines is 2. The van der Waals surface area contributed by atoms with Gasteiger partial charge in [-0.05, 0) is 13.8 Å². The number of aromatic nitrogens is 2. The SMILES string of the molecule is Cn1c(N)c(N2CC(CO)OC(C)(C)C2)c(=O)[nH]c1=O. The summed E-state index contributed by atoms with van der Waals surface area (Å²) in [6, 6.07) is 0. The molecule has 8 nitrogen and oxygen atoms in total. The van der Waals surface area contributed by atoms with Gasteiger partial charge in [-0.25, -0.2) is 4.79 Å². The Labute approximate surface area is 115 Å². The number of rotatable bonds is 2. The molecule has 1 unspecified atom stereocenters. The third-order valence-electron chi connectivity index (χ3n) is 3.35. The zero-order chi connectivity index (χ0) is 15.1. The predicted molar refractivity (Wildman–Crippen MR) is 75.0 cm³/mol. The first-order valence-electron chi connectivity index (χ1n) is 6.37. The number of morpholine rings is 1. The van der Waals surface area contributed by atoms with Crippen LogP contribution in [-0.4, -0.2) is 46.1 Å². The minimum atomic E-state index is -0.553. The van der Waals surface area contributed by atoms with Crippen molar-refractivity contribution >= 4 is 11.5 Å². The summed E-state index contributed by atoms with van der Waals surface area (Å²) in [6.45, 7) is 4.37. The van der Waals surface area contributed by atoms with Crippen molar-refractivity contribution in [2.24, 2.45) is 7.05 Å². The number of hydrogen-bond donors (Lipinski definition) is 3. The zero-order valence-corrected chi connectivity index (χ0v) is 11.8. The van der Waals surface area contributed by atoms with Gasteiger partial charge >= 0.3 is 5.69 Å². The number of hydrogen-bond acceptors (Lipinski definition) is 6. The maximum atomic E-state index is 12.0. The van der Waals surface area contributed by atoms with Crippen LogP contribution in [0.15, 0.2) is 9.59 Å². The van der Waals surface area contributed by atoms with Gasteiger partial charge in [0.2, 0.25) is 0 Å². The number of nitrogens with two attached hydrogens (primary N) is 1. The Kier molecular flexibility index (Phi) is 3.61. The number of aliphatic hydroxyl groups is 1. The van der Waals surface area contributed by atoms with Crippen molar-refractivity contribution in [3.8, 4) is 0 Å². The second-order valence-corrected chi connectivity index (χ2v) is 5.61. The van der Waals surface area contributed by atoms with Gasteiger partial charge in [0.25, 0.3) is 5.56 Å². The second kappa shape index (κ2) is 4.95. The van der Waals surface area contributed by atoms with E-state index >= 15 is 0 Å². The molecular formula is C12H20N4O4. The van der Waals surface area contributed by atoms with E-state index in [0.29, 0.717) is 13.1 Å². The summed E-state index contributed by atoms with van der Waals surface area (Å²) in [5, 5.41) is 9.30. The van der Waals surface area contributed by atoms with Gasteiger partial charge in [-0.1, -0.05) is 0 Å². The Morgan fingerprint density at radius 1 is 1.50 bits per heavy atom. The highest BCUT2D eigenvalue weighted by atomic mass is 16.5. The van der Waals surface area contributed by atoms with Crippen molar-refractivity contribution in [3.63, 3.8) is 0 Å². The van der Waals surface area contributed by atoms with Gasteiger partial charge in [0.05, 0.1) is 18.3 Å². The lowest BCUT2D eigenvalue weighted by Gasteiger charge is -2.43. The van der Waals surface area contributed by atoms with Gasteiger partial charge in [-0.15, -0.1) is 0 Å². The van der Waals surface area contributed by atoms with Crippen LogP contribution in [0.5, 0.6) is 0 Å². The summed E-state index contributed by atoms with van der Waals surface area (Å²) in [7, 11) is 1.49. The van der Waals surface area contributed by atoms with Crippen molar-refractivity contribution < 1.29 is 9.84 Å². The molecular weight excluding hydrogens is 264 g/mol. The summed E-state index contributed by atoms with van der Waals surface area (Å²) >= 11 is 0. The van der Waals surface area contributed by atoms with Crippen LogP contribution in [0.1, 0.15) is 13.8 Å². The van der Waals surface area contributed by atoms with Crippen molar-refractivity contribution in [1.29, 1.82) is 0 Å². The Balaban J connectivity index is 2.48. The minimum absolute atomic E-state index is 0.105. The van der Waals surface area contributed by atoms with Gasteiger partial charge in [0, 0.05) is 20.1 Å². The molecule has 1 atom stereocenters. The number of ether oxygens (including phenoxy) is 1. The summed E-state index contributed by atoms with van der Waals surface area (Å²) in [5.41, 5.74) is 4.52. The van der Waals surface area contributed by atoms with Crippen LogP contribution >= 0.6 is 0 Å². The summed E-state index contributed by atoms with van der Waals surface area (Å²) in [4.78, 5) is 27.5. The Morgan fingerprint density at radius 2 is 2.15 bits per heavy atom. The van der Waals surface area contributed by atoms with Crippen LogP contribution in [0.2, 0.25) is 0 Å². The molecule has 1 saturated heterocycles. The number of nitrogen functional groups attached to an aromatic ring is 1. The molecule has 8 heteroatoms. The predicted octanol–water partition coefficient (Wildman–Crippen LogP) is -1.37. The van der Waals surface area contributed by atoms with E-state index in [9.17, 15) is 14.7 Å². The van der Waals surface area contributed by atoms with E-state index in [1.54, 1.807) is 4.90 Å². The standard InChI is InChI=1S/C12H20N4O4/c1-12(2)6-16(4-7(5-17)20-12)8-9(13)15(3)11(19)14-10(8)18/h7,17H,4-6,13H2,1-3H3,(H,14,18,19). The fourth-order valence-corrected chi connectivity index (χ4v) is 2.49. The molecule has 1 aromatic heterocycles. The molecule has 0 amide bonds. The summed E-state index contributed by atoms with van der Waals surface area (Å²) < 4.78 is 6.88. The maximum absolute atomic E-state index is 12.0. The van der Waals surface area contributed by atoms with E-state index in [2.05, 4.69) is 4.98 Å². The van der Waals surface area contributed by atoms with Gasteiger partial charge in [0.1, 0.15) is 11.5 Å². The first-order valence-corrected chi connectivity index (χ1v) is 6.37. The molecule has 2 heterocycles. The van der Waals surface area contributed by atoms with Crippen LogP contribution in [0.25, 0.3) is 0 Å². The van der Waals surface area contributed by atoms with Crippen LogP contribution in [-0.2, 0) is 11.8 Å². The number of aliphatic hydroxyl groups excluding tert-OH is 1. The first-order chi connectivity index (χ1) is 9.25. The lowest BCUT2D eigenvalue weighted by molar-refractivity contribution is -0.101. The lowest BCUT2D eigenvalue weighted by Crippen LogP contribution is -2.55.